The summed E-state index contributed by atoms with van der Waals surface area (Å²) in [5.41, 5.74) is 0. The molecule has 0 bridgehead atoms. The molecule has 0 radical (unpaired) electrons. The van der Waals surface area contributed by atoms with Gasteiger partial charge >= 0.3 is 5.97 Å². The van der Waals surface area contributed by atoms with Crippen LogP contribution in [0.4, 0.5) is 0 Å². The summed E-state index contributed by atoms with van der Waals surface area (Å²) in [7, 11) is 0. The van der Waals surface area contributed by atoms with Crippen LogP contribution in [-0.4, -0.2) is 215 Å². The third-order valence-corrected chi connectivity index (χ3v) is 20.2. The van der Waals surface area contributed by atoms with E-state index in [0.29, 0.717) is 12.8 Å². The maximum atomic E-state index is 13.5. The number of carbonyl (C=O) groups excluding carboxylic acids is 2. The lowest BCUT2D eigenvalue weighted by Crippen LogP contribution is -2.70. The molecule has 3 aliphatic heterocycles. The number of ether oxygens (including phenoxy) is 6. The van der Waals surface area contributed by atoms with E-state index in [9.17, 15) is 75.7 Å². The summed E-state index contributed by atoms with van der Waals surface area (Å²) in [6.07, 6.45) is 29.6. The van der Waals surface area contributed by atoms with Crippen LogP contribution in [0.5, 0.6) is 0 Å². The molecule has 0 aromatic heterocycles. The Bertz CT molecular complexity index is 2030. The van der Waals surface area contributed by atoms with Crippen molar-refractivity contribution in [1.29, 1.82) is 0 Å². The van der Waals surface area contributed by atoms with Gasteiger partial charge in [0.2, 0.25) is 11.8 Å². The number of carboxylic acid groups (broad SMARTS) is 1. The number of aliphatic carboxylic acids is 1. The molecule has 0 aromatic rings. The minimum absolute atomic E-state index is 0.206. The molecule has 2 amide bonds. The Kier molecular flexibility index (Phi) is 51.2. The van der Waals surface area contributed by atoms with Crippen molar-refractivity contribution in [1.82, 2.24) is 10.6 Å². The first-order chi connectivity index (χ1) is 47.9. The third-order valence-electron chi connectivity index (χ3n) is 20.2. The highest BCUT2D eigenvalue weighted by atomic mass is 16.8. The van der Waals surface area contributed by atoms with Gasteiger partial charge in [0, 0.05) is 19.8 Å². The van der Waals surface area contributed by atoms with E-state index in [2.05, 4.69) is 24.5 Å². The van der Waals surface area contributed by atoms with Crippen molar-refractivity contribution in [2.24, 2.45) is 0 Å². The van der Waals surface area contributed by atoms with Gasteiger partial charge in [0.25, 0.3) is 5.79 Å². The summed E-state index contributed by atoms with van der Waals surface area (Å²) < 4.78 is 34.9. The number of carbonyl (C=O) groups is 3. The van der Waals surface area contributed by atoms with Gasteiger partial charge in [-0.25, -0.2) is 4.79 Å². The van der Waals surface area contributed by atoms with Gasteiger partial charge in [0.15, 0.2) is 12.6 Å². The number of amides is 2. The highest BCUT2D eigenvalue weighted by molar-refractivity contribution is 5.77. The number of aliphatic hydroxyl groups excluding tert-OH is 11. The van der Waals surface area contributed by atoms with Crippen LogP contribution in [-0.2, 0) is 42.8 Å². The highest BCUT2D eigenvalue weighted by Gasteiger charge is 2.60. The molecule has 0 aliphatic carbocycles. The van der Waals surface area contributed by atoms with Crippen molar-refractivity contribution in [3.05, 3.63) is 12.2 Å². The summed E-state index contributed by atoms with van der Waals surface area (Å²) in [6.45, 7) is 2.19. The van der Waals surface area contributed by atoms with E-state index in [1.165, 1.54) is 225 Å². The predicted octanol–water partition coefficient (Wildman–Crippen LogP) is 9.80. The number of unbranched alkanes of at least 4 members (excludes halogenated alkanes) is 42. The first-order valence-electron chi connectivity index (χ1n) is 39.6. The second-order valence-corrected chi connectivity index (χ2v) is 28.9. The van der Waals surface area contributed by atoms with Crippen molar-refractivity contribution in [3.8, 4) is 0 Å². The number of carboxylic acids is 1. The van der Waals surface area contributed by atoms with Crippen molar-refractivity contribution in [3.63, 3.8) is 0 Å². The molecular weight excluding hydrogens is 1280 g/mol. The van der Waals surface area contributed by atoms with E-state index in [0.717, 1.165) is 51.9 Å². The van der Waals surface area contributed by atoms with Crippen LogP contribution in [0.15, 0.2) is 12.2 Å². The average Bonchev–Trinajstić information content (AvgIpc) is 0.757. The zero-order chi connectivity index (χ0) is 72.5. The summed E-state index contributed by atoms with van der Waals surface area (Å²) in [6, 6.07) is -2.62. The first-order valence-corrected chi connectivity index (χ1v) is 39.6. The lowest BCUT2D eigenvalue weighted by atomic mass is 9.88. The molecule has 0 spiro atoms. The Labute approximate surface area is 594 Å². The largest absolute Gasteiger partial charge is 0.477 e. The van der Waals surface area contributed by atoms with Gasteiger partial charge in [-0.2, -0.15) is 0 Å². The number of rotatable bonds is 62. The normalized spacial score (nSPS) is 27.1. The molecule has 18 unspecified atom stereocenters. The number of hydrogen-bond donors (Lipinski definition) is 14. The topological polar surface area (TPSA) is 373 Å². The fraction of sp³-hybridized carbons (Fsp3) is 0.934. The van der Waals surface area contributed by atoms with E-state index >= 15 is 0 Å². The lowest BCUT2D eigenvalue weighted by molar-refractivity contribution is -0.386. The van der Waals surface area contributed by atoms with Crippen molar-refractivity contribution >= 4 is 17.8 Å². The van der Waals surface area contributed by atoms with Gasteiger partial charge in [-0.15, -0.1) is 0 Å². The minimum atomic E-state index is -3.08. The van der Waals surface area contributed by atoms with Gasteiger partial charge in [-0.1, -0.05) is 289 Å². The molecule has 3 saturated heterocycles. The molecule has 3 rings (SSSR count). The Morgan fingerprint density at radius 1 is 0.525 bits per heavy atom. The standard InChI is InChI=1S/C76H142N2O21/c1-4-6-8-10-12-14-16-18-20-22-24-26-27-28-30-32-34-36-38-40-42-44-46-48-50-63(86)78-57(58(83)49-47-45-43-41-39-37-35-33-31-29-25-23-21-19-17-15-13-11-9-7-5-2)55-94-73-68(90)67(89)70(62(54-81)96-73)97-74-69(91)72(66(88)61(53-80)95-74)99-76(75(92)93)51-59(84)64(77-56(3)82)71(98-76)65(87)60(85)52-79/h47,49,57-62,64-74,79-81,83-85,87-91H,4-46,48,50-55H2,1-3H3,(H,77,82)(H,78,86)(H,92,93)/b49-47+. The average molecular weight is 1420 g/mol. The van der Waals surface area contributed by atoms with Crippen LogP contribution >= 0.6 is 0 Å². The summed E-state index contributed by atoms with van der Waals surface area (Å²) in [5, 5.41) is 136. The lowest BCUT2D eigenvalue weighted by Gasteiger charge is -2.50. The molecule has 0 saturated carbocycles. The van der Waals surface area contributed by atoms with Crippen LogP contribution in [0.3, 0.4) is 0 Å². The number of aliphatic hydroxyl groups is 11. The Morgan fingerprint density at radius 3 is 1.34 bits per heavy atom. The molecule has 18 atom stereocenters. The van der Waals surface area contributed by atoms with Crippen LogP contribution in [0.2, 0.25) is 0 Å². The van der Waals surface area contributed by atoms with Gasteiger partial charge in [0.05, 0.1) is 50.7 Å². The van der Waals surface area contributed by atoms with Crippen LogP contribution < -0.4 is 10.6 Å². The Morgan fingerprint density at radius 2 is 0.939 bits per heavy atom. The van der Waals surface area contributed by atoms with Crippen LogP contribution in [0.25, 0.3) is 0 Å². The quantitative estimate of drug-likeness (QED) is 0.0199. The number of hydrogen-bond acceptors (Lipinski definition) is 20. The van der Waals surface area contributed by atoms with Gasteiger partial charge in [-0.05, 0) is 19.3 Å². The van der Waals surface area contributed by atoms with Crippen molar-refractivity contribution in [2.75, 3.05) is 26.4 Å². The number of allylic oxidation sites excluding steroid dienone is 1. The van der Waals surface area contributed by atoms with Gasteiger partial charge in [-0.3, -0.25) is 9.59 Å². The second-order valence-electron chi connectivity index (χ2n) is 28.9. The zero-order valence-corrected chi connectivity index (χ0v) is 61.4. The van der Waals surface area contributed by atoms with Crippen molar-refractivity contribution < 1.29 is 104 Å². The van der Waals surface area contributed by atoms with E-state index < -0.39 is 155 Å². The van der Waals surface area contributed by atoms with E-state index in [-0.39, 0.29) is 12.3 Å². The molecular formula is C76H142N2O21. The van der Waals surface area contributed by atoms with E-state index in [4.69, 9.17) is 28.4 Å². The fourth-order valence-corrected chi connectivity index (χ4v) is 13.9. The third kappa shape index (κ3) is 36.8. The smallest absolute Gasteiger partial charge is 0.364 e. The molecule has 582 valence electrons. The molecule has 3 fully saturated rings. The molecule has 0 aromatic carbocycles. The molecule has 3 aliphatic rings. The fourth-order valence-electron chi connectivity index (χ4n) is 13.9. The maximum Gasteiger partial charge on any atom is 0.364 e. The second kappa shape index (κ2) is 55.9. The monoisotopic (exact) mass is 1420 g/mol. The van der Waals surface area contributed by atoms with Gasteiger partial charge in [0.1, 0.15) is 67.1 Å². The molecule has 3 heterocycles. The summed E-state index contributed by atoms with van der Waals surface area (Å²) in [5.74, 6) is -6.13. The molecule has 99 heavy (non-hydrogen) atoms. The molecule has 23 heteroatoms. The van der Waals surface area contributed by atoms with E-state index in [1.54, 1.807) is 6.08 Å². The van der Waals surface area contributed by atoms with Gasteiger partial charge < -0.3 is 100 Å². The number of nitrogens with one attached hydrogen (secondary N) is 2. The highest BCUT2D eigenvalue weighted by Crippen LogP contribution is 2.39. The molecule has 23 nitrogen and oxygen atoms in total. The maximum absolute atomic E-state index is 13.5. The minimum Gasteiger partial charge on any atom is -0.477 e. The summed E-state index contributed by atoms with van der Waals surface area (Å²) in [4.78, 5) is 38.7. The predicted molar refractivity (Wildman–Crippen MR) is 380 cm³/mol. The van der Waals surface area contributed by atoms with Crippen LogP contribution in [0, 0.1) is 0 Å². The molecule has 14 N–H and O–H groups in total. The van der Waals surface area contributed by atoms with Crippen molar-refractivity contribution in [2.45, 2.75) is 426 Å². The van der Waals surface area contributed by atoms with Crippen LogP contribution in [0.1, 0.15) is 316 Å². The first kappa shape index (κ1) is 90.7. The SMILES string of the molecule is CCCCCCCCCCCCCCCCCCCCC/C=C/C(O)C(COC1OC(CO)C(OC2OC(CO)C(O)C(OC3(C(=O)O)CC(O)C(NC(C)=O)C(C(O)C(O)CO)O3)C2O)C(O)C1O)NC(=O)CCCCCCCCCCCCCCCCCCCCCCCCCC. The zero-order valence-electron chi connectivity index (χ0n) is 61.4. The Hall–Kier alpha value is -2.53. The summed E-state index contributed by atoms with van der Waals surface area (Å²) >= 11 is 0. The van der Waals surface area contributed by atoms with E-state index in [1.807, 2.05) is 6.08 Å². The Balaban J connectivity index is 1.54.